The number of aliphatic hydroxyl groups is 1. The topological polar surface area (TPSA) is 49.2 Å². The number of nitrogens with zero attached hydrogens (tertiary/aromatic N) is 3. The Morgan fingerprint density at radius 2 is 2.12 bits per heavy atom. The maximum absolute atomic E-state index is 9.10. The van der Waals surface area contributed by atoms with Gasteiger partial charge < -0.3 is 5.11 Å². The Kier molecular flexibility index (Phi) is 4.07. The molecule has 0 aromatic carbocycles. The van der Waals surface area contributed by atoms with Crippen molar-refractivity contribution in [2.75, 3.05) is 19.7 Å². The van der Waals surface area contributed by atoms with Crippen LogP contribution in [0, 0.1) is 5.92 Å². The molecule has 1 aromatic rings. The number of aliphatic hydroxyl groups excluding tert-OH is 1. The van der Waals surface area contributed by atoms with E-state index in [4.69, 9.17) is 5.11 Å². The highest BCUT2D eigenvalue weighted by Crippen LogP contribution is 2.17. The SMILES string of the molecule is CC(C)c1ncc(CN2CC[C@@H](CO)C2)cn1. The summed E-state index contributed by atoms with van der Waals surface area (Å²) < 4.78 is 0. The molecule has 2 heterocycles. The molecule has 1 N–H and O–H groups in total. The fourth-order valence-corrected chi connectivity index (χ4v) is 2.21. The Hall–Kier alpha value is -1.00. The summed E-state index contributed by atoms with van der Waals surface area (Å²) in [7, 11) is 0. The van der Waals surface area contributed by atoms with Crippen molar-refractivity contribution in [1.82, 2.24) is 14.9 Å². The zero-order valence-corrected chi connectivity index (χ0v) is 10.6. The lowest BCUT2D eigenvalue weighted by atomic mass is 10.1. The summed E-state index contributed by atoms with van der Waals surface area (Å²) >= 11 is 0. The summed E-state index contributed by atoms with van der Waals surface area (Å²) in [4.78, 5) is 11.1. The van der Waals surface area contributed by atoms with Crippen molar-refractivity contribution in [2.45, 2.75) is 32.7 Å². The van der Waals surface area contributed by atoms with Gasteiger partial charge in [-0.15, -0.1) is 0 Å². The third kappa shape index (κ3) is 3.23. The molecule has 0 saturated carbocycles. The first-order valence-corrected chi connectivity index (χ1v) is 6.33. The van der Waals surface area contributed by atoms with Crippen LogP contribution in [-0.2, 0) is 6.54 Å². The number of hydrogen-bond acceptors (Lipinski definition) is 4. The van der Waals surface area contributed by atoms with E-state index < -0.39 is 0 Å². The van der Waals surface area contributed by atoms with E-state index in [9.17, 15) is 0 Å². The molecule has 0 radical (unpaired) electrons. The largest absolute Gasteiger partial charge is 0.396 e. The lowest BCUT2D eigenvalue weighted by Crippen LogP contribution is -2.21. The van der Waals surface area contributed by atoms with Crippen molar-refractivity contribution in [2.24, 2.45) is 5.92 Å². The van der Waals surface area contributed by atoms with Crippen LogP contribution >= 0.6 is 0 Å². The third-order valence-corrected chi connectivity index (χ3v) is 3.28. The number of likely N-dealkylation sites (tertiary alicyclic amines) is 1. The van der Waals surface area contributed by atoms with Crippen LogP contribution in [0.4, 0.5) is 0 Å². The summed E-state index contributed by atoms with van der Waals surface area (Å²) in [6, 6.07) is 0. The molecule has 4 heteroatoms. The first-order valence-electron chi connectivity index (χ1n) is 6.33. The Bertz CT molecular complexity index is 350. The molecule has 1 saturated heterocycles. The first-order chi connectivity index (χ1) is 8.19. The molecule has 1 aliphatic rings. The van der Waals surface area contributed by atoms with E-state index in [0.29, 0.717) is 18.4 Å². The van der Waals surface area contributed by atoms with Crippen molar-refractivity contribution in [3.8, 4) is 0 Å². The Labute approximate surface area is 103 Å². The van der Waals surface area contributed by atoms with E-state index in [1.165, 1.54) is 0 Å². The van der Waals surface area contributed by atoms with E-state index in [0.717, 1.165) is 37.4 Å². The van der Waals surface area contributed by atoms with E-state index >= 15 is 0 Å². The zero-order chi connectivity index (χ0) is 12.3. The summed E-state index contributed by atoms with van der Waals surface area (Å²) in [5.74, 6) is 1.74. The Morgan fingerprint density at radius 3 is 2.65 bits per heavy atom. The molecule has 0 amide bonds. The molecule has 1 aliphatic heterocycles. The number of rotatable bonds is 4. The predicted octanol–water partition coefficient (Wildman–Crippen LogP) is 1.41. The monoisotopic (exact) mass is 235 g/mol. The molecule has 94 valence electrons. The van der Waals surface area contributed by atoms with Gasteiger partial charge in [-0.25, -0.2) is 9.97 Å². The second-order valence-electron chi connectivity index (χ2n) is 5.18. The molecule has 1 aromatic heterocycles. The Balaban J connectivity index is 1.91. The second kappa shape index (κ2) is 5.56. The number of hydrogen-bond donors (Lipinski definition) is 1. The summed E-state index contributed by atoms with van der Waals surface area (Å²) in [6.45, 7) is 7.45. The van der Waals surface area contributed by atoms with Gasteiger partial charge in [-0.1, -0.05) is 13.8 Å². The molecule has 0 spiro atoms. The fraction of sp³-hybridized carbons (Fsp3) is 0.692. The van der Waals surface area contributed by atoms with Crippen LogP contribution in [0.25, 0.3) is 0 Å². The normalized spacial score (nSPS) is 21.3. The molecule has 2 rings (SSSR count). The van der Waals surface area contributed by atoms with Crippen LogP contribution in [0.5, 0.6) is 0 Å². The van der Waals surface area contributed by atoms with Gasteiger partial charge >= 0.3 is 0 Å². The molecule has 4 nitrogen and oxygen atoms in total. The van der Waals surface area contributed by atoms with Gasteiger partial charge in [-0.3, -0.25) is 4.90 Å². The van der Waals surface area contributed by atoms with E-state index in [1.54, 1.807) is 0 Å². The molecular weight excluding hydrogens is 214 g/mol. The van der Waals surface area contributed by atoms with Crippen molar-refractivity contribution in [3.05, 3.63) is 23.8 Å². The third-order valence-electron chi connectivity index (χ3n) is 3.28. The molecule has 1 atom stereocenters. The van der Waals surface area contributed by atoms with Gasteiger partial charge in [0.2, 0.25) is 0 Å². The lowest BCUT2D eigenvalue weighted by Gasteiger charge is -2.15. The standard InChI is InChI=1S/C13H21N3O/c1-10(2)13-14-5-12(6-15-13)8-16-4-3-11(7-16)9-17/h5-6,10-11,17H,3-4,7-9H2,1-2H3/t11-/m1/s1. The summed E-state index contributed by atoms with van der Waals surface area (Å²) in [6.07, 6.45) is 4.95. The smallest absolute Gasteiger partial charge is 0.130 e. The summed E-state index contributed by atoms with van der Waals surface area (Å²) in [5.41, 5.74) is 1.16. The summed E-state index contributed by atoms with van der Waals surface area (Å²) in [5, 5.41) is 9.10. The minimum absolute atomic E-state index is 0.305. The van der Waals surface area contributed by atoms with Crippen LogP contribution in [0.2, 0.25) is 0 Å². The molecular formula is C13H21N3O. The van der Waals surface area contributed by atoms with Gasteiger partial charge in [0.25, 0.3) is 0 Å². The zero-order valence-electron chi connectivity index (χ0n) is 10.6. The van der Waals surface area contributed by atoms with Crippen LogP contribution in [-0.4, -0.2) is 39.7 Å². The van der Waals surface area contributed by atoms with Crippen molar-refractivity contribution < 1.29 is 5.11 Å². The lowest BCUT2D eigenvalue weighted by molar-refractivity contribution is 0.220. The van der Waals surface area contributed by atoms with Gasteiger partial charge in [0, 0.05) is 43.6 Å². The van der Waals surface area contributed by atoms with Gasteiger partial charge in [-0.05, 0) is 18.9 Å². The molecule has 1 fully saturated rings. The van der Waals surface area contributed by atoms with Crippen molar-refractivity contribution in [1.29, 1.82) is 0 Å². The highest BCUT2D eigenvalue weighted by atomic mass is 16.3. The highest BCUT2D eigenvalue weighted by molar-refractivity contribution is 5.07. The van der Waals surface area contributed by atoms with Gasteiger partial charge in [-0.2, -0.15) is 0 Å². The Morgan fingerprint density at radius 1 is 1.41 bits per heavy atom. The van der Waals surface area contributed by atoms with Gasteiger partial charge in [0.15, 0.2) is 0 Å². The van der Waals surface area contributed by atoms with Gasteiger partial charge in [0.1, 0.15) is 5.82 Å². The predicted molar refractivity (Wildman–Crippen MR) is 66.6 cm³/mol. The highest BCUT2D eigenvalue weighted by Gasteiger charge is 2.21. The fourth-order valence-electron chi connectivity index (χ4n) is 2.21. The maximum Gasteiger partial charge on any atom is 0.130 e. The van der Waals surface area contributed by atoms with E-state index in [1.807, 2.05) is 12.4 Å². The molecule has 0 unspecified atom stereocenters. The average Bonchev–Trinajstić information content (AvgIpc) is 2.77. The van der Waals surface area contributed by atoms with Crippen LogP contribution in [0.3, 0.4) is 0 Å². The molecule has 17 heavy (non-hydrogen) atoms. The van der Waals surface area contributed by atoms with Gasteiger partial charge in [0.05, 0.1) is 0 Å². The molecule has 0 bridgehead atoms. The molecule has 0 aliphatic carbocycles. The quantitative estimate of drug-likeness (QED) is 0.857. The van der Waals surface area contributed by atoms with Crippen LogP contribution < -0.4 is 0 Å². The van der Waals surface area contributed by atoms with E-state index in [-0.39, 0.29) is 0 Å². The van der Waals surface area contributed by atoms with Crippen molar-refractivity contribution >= 4 is 0 Å². The van der Waals surface area contributed by atoms with Crippen LogP contribution in [0.1, 0.15) is 37.6 Å². The van der Waals surface area contributed by atoms with E-state index in [2.05, 4.69) is 28.7 Å². The minimum Gasteiger partial charge on any atom is -0.396 e. The second-order valence-corrected chi connectivity index (χ2v) is 5.18. The van der Waals surface area contributed by atoms with Crippen molar-refractivity contribution in [3.63, 3.8) is 0 Å². The minimum atomic E-state index is 0.305. The maximum atomic E-state index is 9.10. The first kappa shape index (κ1) is 12.5. The number of aromatic nitrogens is 2. The van der Waals surface area contributed by atoms with Crippen LogP contribution in [0.15, 0.2) is 12.4 Å². The average molecular weight is 235 g/mol.